The van der Waals surface area contributed by atoms with Crippen molar-refractivity contribution in [1.82, 2.24) is 10.6 Å². The minimum Gasteiger partial charge on any atom is -0.396 e. The number of carbonyl (C=O) groups is 2. The first-order valence-corrected chi connectivity index (χ1v) is 7.29. The summed E-state index contributed by atoms with van der Waals surface area (Å²) in [4.78, 5) is 23.1. The molecule has 0 fully saturated rings. The van der Waals surface area contributed by atoms with Gasteiger partial charge in [0.25, 0.3) is 0 Å². The normalized spacial score (nSPS) is 11.8. The molecule has 0 radical (unpaired) electrons. The molecule has 0 bridgehead atoms. The number of aliphatic hydroxyl groups excluding tert-OH is 1. The highest BCUT2D eigenvalue weighted by atomic mass is 16.5. The summed E-state index contributed by atoms with van der Waals surface area (Å²) in [6, 6.07) is 7.16. The molecule has 0 saturated heterocycles. The Morgan fingerprint density at radius 2 is 1.86 bits per heavy atom. The van der Waals surface area contributed by atoms with E-state index in [1.807, 2.05) is 24.3 Å². The topological polar surface area (TPSA) is 87.7 Å². The molecule has 0 aliphatic rings. The van der Waals surface area contributed by atoms with Gasteiger partial charge < -0.3 is 20.5 Å². The van der Waals surface area contributed by atoms with Crippen molar-refractivity contribution < 1.29 is 19.4 Å². The van der Waals surface area contributed by atoms with Gasteiger partial charge in [-0.05, 0) is 24.0 Å². The second-order valence-corrected chi connectivity index (χ2v) is 5.07. The Labute approximate surface area is 130 Å². The monoisotopic (exact) mass is 308 g/mol. The zero-order chi connectivity index (χ0) is 16.4. The van der Waals surface area contributed by atoms with Crippen LogP contribution in [0.15, 0.2) is 24.3 Å². The average molecular weight is 308 g/mol. The molecule has 0 spiro atoms. The van der Waals surface area contributed by atoms with Crippen LogP contribution in [0.4, 0.5) is 0 Å². The van der Waals surface area contributed by atoms with Gasteiger partial charge >= 0.3 is 0 Å². The van der Waals surface area contributed by atoms with Crippen molar-refractivity contribution in [3.63, 3.8) is 0 Å². The van der Waals surface area contributed by atoms with Crippen LogP contribution < -0.4 is 10.6 Å². The van der Waals surface area contributed by atoms with E-state index >= 15 is 0 Å². The predicted molar refractivity (Wildman–Crippen MR) is 83.2 cm³/mol. The van der Waals surface area contributed by atoms with Crippen molar-refractivity contribution in [1.29, 1.82) is 0 Å². The lowest BCUT2D eigenvalue weighted by Gasteiger charge is -2.16. The van der Waals surface area contributed by atoms with Crippen molar-refractivity contribution in [2.24, 2.45) is 0 Å². The summed E-state index contributed by atoms with van der Waals surface area (Å²) in [6.07, 6.45) is 1.58. The van der Waals surface area contributed by atoms with E-state index in [0.717, 1.165) is 24.0 Å². The molecule has 0 unspecified atom stereocenters. The van der Waals surface area contributed by atoms with Crippen molar-refractivity contribution in [2.75, 3.05) is 20.3 Å². The summed E-state index contributed by atoms with van der Waals surface area (Å²) in [6.45, 7) is 2.06. The Morgan fingerprint density at radius 1 is 1.23 bits per heavy atom. The van der Waals surface area contributed by atoms with E-state index < -0.39 is 6.04 Å². The number of hydrogen-bond donors (Lipinski definition) is 3. The molecule has 1 rings (SSSR count). The highest BCUT2D eigenvalue weighted by molar-refractivity contribution is 5.86. The van der Waals surface area contributed by atoms with Crippen molar-refractivity contribution >= 4 is 11.8 Å². The van der Waals surface area contributed by atoms with Gasteiger partial charge in [0.1, 0.15) is 6.04 Å². The summed E-state index contributed by atoms with van der Waals surface area (Å²) >= 11 is 0. The second-order valence-electron chi connectivity index (χ2n) is 5.07. The van der Waals surface area contributed by atoms with Crippen LogP contribution in [0, 0.1) is 0 Å². The number of methoxy groups -OCH3 is 1. The highest BCUT2D eigenvalue weighted by Crippen LogP contribution is 2.06. The smallest absolute Gasteiger partial charge is 0.245 e. The first-order valence-electron chi connectivity index (χ1n) is 7.29. The SMILES string of the molecule is COC[C@@H](NC(C)=O)C(=O)NCc1ccc(CCCO)cc1. The number of ether oxygens (including phenoxy) is 1. The van der Waals surface area contributed by atoms with E-state index in [-0.39, 0.29) is 25.0 Å². The van der Waals surface area contributed by atoms with Gasteiger partial charge in [-0.15, -0.1) is 0 Å². The molecule has 0 heterocycles. The molecule has 2 amide bonds. The lowest BCUT2D eigenvalue weighted by Crippen LogP contribution is -2.48. The number of hydrogen-bond acceptors (Lipinski definition) is 4. The van der Waals surface area contributed by atoms with E-state index in [2.05, 4.69) is 10.6 Å². The van der Waals surface area contributed by atoms with Crippen LogP contribution in [0.3, 0.4) is 0 Å². The quantitative estimate of drug-likeness (QED) is 0.615. The van der Waals surface area contributed by atoms with Gasteiger partial charge in [-0.3, -0.25) is 9.59 Å². The van der Waals surface area contributed by atoms with Gasteiger partial charge in [0, 0.05) is 27.2 Å². The maximum atomic E-state index is 12.0. The highest BCUT2D eigenvalue weighted by Gasteiger charge is 2.18. The largest absolute Gasteiger partial charge is 0.396 e. The molecule has 22 heavy (non-hydrogen) atoms. The summed E-state index contributed by atoms with van der Waals surface area (Å²) in [5.74, 6) is -0.549. The molecule has 0 aromatic heterocycles. The third kappa shape index (κ3) is 6.69. The van der Waals surface area contributed by atoms with Crippen molar-refractivity contribution in [2.45, 2.75) is 32.4 Å². The van der Waals surface area contributed by atoms with Gasteiger partial charge in [0.2, 0.25) is 11.8 Å². The van der Waals surface area contributed by atoms with Gasteiger partial charge in [0.05, 0.1) is 6.61 Å². The fourth-order valence-corrected chi connectivity index (χ4v) is 2.01. The lowest BCUT2D eigenvalue weighted by atomic mass is 10.1. The van der Waals surface area contributed by atoms with E-state index in [1.54, 1.807) is 0 Å². The minimum absolute atomic E-state index is 0.130. The molecule has 0 saturated carbocycles. The van der Waals surface area contributed by atoms with Crippen LogP contribution in [-0.4, -0.2) is 43.3 Å². The number of aliphatic hydroxyl groups is 1. The van der Waals surface area contributed by atoms with Gasteiger partial charge in [-0.2, -0.15) is 0 Å². The van der Waals surface area contributed by atoms with Crippen LogP contribution in [0.1, 0.15) is 24.5 Å². The number of aryl methyl sites for hydroxylation is 1. The Morgan fingerprint density at radius 3 is 2.41 bits per heavy atom. The summed E-state index contributed by atoms with van der Waals surface area (Å²) in [5, 5.41) is 14.1. The zero-order valence-electron chi connectivity index (χ0n) is 13.1. The van der Waals surface area contributed by atoms with Crippen LogP contribution in [0.25, 0.3) is 0 Å². The molecule has 3 N–H and O–H groups in total. The van der Waals surface area contributed by atoms with Crippen molar-refractivity contribution in [3.8, 4) is 0 Å². The van der Waals surface area contributed by atoms with E-state index in [0.29, 0.717) is 6.54 Å². The number of carbonyl (C=O) groups excluding carboxylic acids is 2. The molecule has 122 valence electrons. The summed E-state index contributed by atoms with van der Waals surface area (Å²) in [5.41, 5.74) is 2.12. The fraction of sp³-hybridized carbons (Fsp3) is 0.500. The maximum Gasteiger partial charge on any atom is 0.245 e. The first kappa shape index (κ1) is 18.1. The molecule has 0 aliphatic carbocycles. The molecular weight excluding hydrogens is 284 g/mol. The lowest BCUT2D eigenvalue weighted by molar-refractivity contribution is -0.129. The van der Waals surface area contributed by atoms with E-state index in [4.69, 9.17) is 9.84 Å². The molecule has 0 aliphatic heterocycles. The maximum absolute atomic E-state index is 12.0. The van der Waals surface area contributed by atoms with Crippen molar-refractivity contribution in [3.05, 3.63) is 35.4 Å². The average Bonchev–Trinajstić information content (AvgIpc) is 2.50. The second kappa shape index (κ2) is 9.92. The fourth-order valence-electron chi connectivity index (χ4n) is 2.01. The third-order valence-electron chi connectivity index (χ3n) is 3.14. The molecule has 6 nitrogen and oxygen atoms in total. The Bertz CT molecular complexity index is 474. The number of rotatable bonds is 9. The number of amides is 2. The number of nitrogens with one attached hydrogen (secondary N) is 2. The van der Waals surface area contributed by atoms with Crippen LogP contribution >= 0.6 is 0 Å². The third-order valence-corrected chi connectivity index (χ3v) is 3.14. The van der Waals surface area contributed by atoms with Gasteiger partial charge in [-0.25, -0.2) is 0 Å². The molecular formula is C16H24N2O4. The Balaban J connectivity index is 2.49. The summed E-state index contributed by atoms with van der Waals surface area (Å²) in [7, 11) is 1.48. The number of benzene rings is 1. The minimum atomic E-state index is -0.689. The molecule has 6 heteroatoms. The van der Waals surface area contributed by atoms with Crippen LogP contribution in [-0.2, 0) is 27.3 Å². The van der Waals surface area contributed by atoms with E-state index in [1.165, 1.54) is 14.0 Å². The zero-order valence-corrected chi connectivity index (χ0v) is 13.1. The van der Waals surface area contributed by atoms with E-state index in [9.17, 15) is 9.59 Å². The standard InChI is InChI=1S/C16H24N2O4/c1-12(20)18-15(11-22-2)16(21)17-10-14-7-5-13(6-8-14)4-3-9-19/h5-8,15,19H,3-4,9-11H2,1-2H3,(H,17,21)(H,18,20)/t15-/m1/s1. The van der Waals surface area contributed by atoms with Crippen LogP contribution in [0.5, 0.6) is 0 Å². The summed E-state index contributed by atoms with van der Waals surface area (Å²) < 4.78 is 4.94. The van der Waals surface area contributed by atoms with Crippen LogP contribution in [0.2, 0.25) is 0 Å². The first-order chi connectivity index (χ1) is 10.6. The Hall–Kier alpha value is -1.92. The molecule has 1 aromatic carbocycles. The Kier molecular flexibility index (Phi) is 8.17. The van der Waals surface area contributed by atoms with Gasteiger partial charge in [0.15, 0.2) is 0 Å². The molecule has 1 atom stereocenters. The predicted octanol–water partition coefficient (Wildman–Crippen LogP) is 0.379. The van der Waals surface area contributed by atoms with Gasteiger partial charge in [-0.1, -0.05) is 24.3 Å². The molecule has 1 aromatic rings.